The van der Waals surface area contributed by atoms with Gasteiger partial charge in [-0.1, -0.05) is 0 Å². The Kier molecular flexibility index (Phi) is 4.24. The molecule has 0 saturated carbocycles. The molecule has 2 heterocycles. The zero-order chi connectivity index (χ0) is 14.5. The van der Waals surface area contributed by atoms with Crippen molar-refractivity contribution in [2.45, 2.75) is 13.3 Å². The first-order valence-corrected chi connectivity index (χ1v) is 6.28. The molecule has 20 heavy (non-hydrogen) atoms. The molecule has 2 aromatic heterocycles. The van der Waals surface area contributed by atoms with Crippen molar-refractivity contribution in [3.8, 4) is 0 Å². The van der Waals surface area contributed by atoms with Crippen LogP contribution < -0.4 is 5.56 Å². The Morgan fingerprint density at radius 2 is 2.05 bits per heavy atom. The molecule has 0 aliphatic heterocycles. The molecule has 0 radical (unpaired) electrons. The second-order valence-electron chi connectivity index (χ2n) is 4.54. The summed E-state index contributed by atoms with van der Waals surface area (Å²) in [5.74, 6) is 0.166. The lowest BCUT2D eigenvalue weighted by Crippen LogP contribution is -2.33. The van der Waals surface area contributed by atoms with Crippen LogP contribution >= 0.6 is 0 Å². The summed E-state index contributed by atoms with van der Waals surface area (Å²) >= 11 is 0. The summed E-state index contributed by atoms with van der Waals surface area (Å²) in [6.45, 7) is 2.19. The van der Waals surface area contributed by atoms with Gasteiger partial charge < -0.3 is 9.88 Å². The predicted octanol–water partition coefficient (Wildman–Crippen LogP) is 0.788. The van der Waals surface area contributed by atoms with Crippen LogP contribution in [-0.2, 0) is 6.42 Å². The smallest absolute Gasteiger partial charge is 0.263 e. The third-order valence-electron chi connectivity index (χ3n) is 2.99. The van der Waals surface area contributed by atoms with E-state index >= 15 is 0 Å². The fourth-order valence-electron chi connectivity index (χ4n) is 1.79. The molecule has 104 valence electrons. The van der Waals surface area contributed by atoms with Gasteiger partial charge in [0.1, 0.15) is 11.4 Å². The average molecular weight is 272 g/mol. The molecule has 0 saturated heterocycles. The molecule has 0 atom stereocenters. The van der Waals surface area contributed by atoms with Crippen molar-refractivity contribution < 1.29 is 4.79 Å². The molecule has 1 amide bonds. The molecule has 0 aliphatic rings. The van der Waals surface area contributed by atoms with Gasteiger partial charge in [-0.15, -0.1) is 0 Å². The molecule has 0 bridgehead atoms. The highest BCUT2D eigenvalue weighted by Gasteiger charge is 2.15. The number of aromatic amines is 1. The fraction of sp³-hybridized carbons (Fsp3) is 0.286. The third kappa shape index (κ3) is 3.28. The van der Waals surface area contributed by atoms with Gasteiger partial charge in [0.25, 0.3) is 11.5 Å². The fourth-order valence-corrected chi connectivity index (χ4v) is 1.79. The lowest BCUT2D eigenvalue weighted by molar-refractivity contribution is 0.0794. The van der Waals surface area contributed by atoms with Crippen molar-refractivity contribution in [1.29, 1.82) is 0 Å². The maximum absolute atomic E-state index is 12.2. The molecular weight excluding hydrogens is 256 g/mol. The van der Waals surface area contributed by atoms with E-state index in [4.69, 9.17) is 0 Å². The number of aryl methyl sites for hydroxylation is 1. The van der Waals surface area contributed by atoms with E-state index in [0.717, 1.165) is 5.56 Å². The van der Waals surface area contributed by atoms with Gasteiger partial charge in [0, 0.05) is 32.2 Å². The summed E-state index contributed by atoms with van der Waals surface area (Å²) in [7, 11) is 1.67. The Balaban J connectivity index is 2.03. The lowest BCUT2D eigenvalue weighted by atomic mass is 10.2. The topological polar surface area (TPSA) is 79.0 Å². The number of amides is 1. The van der Waals surface area contributed by atoms with E-state index in [1.54, 1.807) is 26.4 Å². The molecular formula is C14H16N4O2. The number of H-pyrrole nitrogens is 1. The largest absolute Gasteiger partial charge is 0.341 e. The van der Waals surface area contributed by atoms with E-state index in [0.29, 0.717) is 18.8 Å². The number of hydrogen-bond donors (Lipinski definition) is 1. The highest BCUT2D eigenvalue weighted by Crippen LogP contribution is 2.01. The average Bonchev–Trinajstić information content (AvgIpc) is 2.45. The third-order valence-corrected chi connectivity index (χ3v) is 2.99. The lowest BCUT2D eigenvalue weighted by Gasteiger charge is -2.16. The van der Waals surface area contributed by atoms with Gasteiger partial charge in [0.15, 0.2) is 0 Å². The van der Waals surface area contributed by atoms with Crippen LogP contribution in [0.15, 0.2) is 35.5 Å². The molecule has 2 aromatic rings. The van der Waals surface area contributed by atoms with Gasteiger partial charge >= 0.3 is 0 Å². The summed E-state index contributed by atoms with van der Waals surface area (Å²) in [6.07, 6.45) is 5.46. The number of nitrogens with one attached hydrogen (secondary N) is 1. The van der Waals surface area contributed by atoms with Crippen molar-refractivity contribution in [3.63, 3.8) is 0 Å². The zero-order valence-electron chi connectivity index (χ0n) is 11.5. The Morgan fingerprint density at radius 1 is 1.35 bits per heavy atom. The minimum absolute atomic E-state index is 0.0628. The van der Waals surface area contributed by atoms with Gasteiger partial charge in [-0.3, -0.25) is 14.6 Å². The summed E-state index contributed by atoms with van der Waals surface area (Å²) < 4.78 is 0. The van der Waals surface area contributed by atoms with Gasteiger partial charge in [-0.25, -0.2) is 4.98 Å². The highest BCUT2D eigenvalue weighted by atomic mass is 16.2. The number of likely N-dealkylation sites (N-methyl/N-ethyl adjacent to an activating group) is 1. The second-order valence-corrected chi connectivity index (χ2v) is 4.54. The Bertz CT molecular complexity index is 652. The van der Waals surface area contributed by atoms with Crippen LogP contribution in [-0.4, -0.2) is 39.4 Å². The summed E-state index contributed by atoms with van der Waals surface area (Å²) in [5.41, 5.74) is 0.752. The van der Waals surface area contributed by atoms with E-state index in [-0.39, 0.29) is 11.5 Å². The van der Waals surface area contributed by atoms with Crippen LogP contribution in [0, 0.1) is 6.92 Å². The summed E-state index contributed by atoms with van der Waals surface area (Å²) in [4.78, 5) is 35.8. The van der Waals surface area contributed by atoms with E-state index in [1.165, 1.54) is 11.1 Å². The predicted molar refractivity (Wildman–Crippen MR) is 74.5 cm³/mol. The number of hydrogen-bond acceptors (Lipinski definition) is 4. The number of carbonyl (C=O) groups excluding carboxylic acids is 1. The molecule has 6 nitrogen and oxygen atoms in total. The number of nitrogens with zero attached hydrogens (tertiary/aromatic N) is 3. The van der Waals surface area contributed by atoms with Crippen LogP contribution in [0.25, 0.3) is 0 Å². The Labute approximate surface area is 116 Å². The van der Waals surface area contributed by atoms with E-state index in [9.17, 15) is 9.59 Å². The van der Waals surface area contributed by atoms with E-state index < -0.39 is 5.56 Å². The first-order chi connectivity index (χ1) is 9.58. The van der Waals surface area contributed by atoms with Gasteiger partial charge in [-0.05, 0) is 31.0 Å². The molecule has 0 fully saturated rings. The standard InChI is InChI=1S/C14H16N4O2/c1-10-16-9-12(13(19)17-10)14(20)18(2)8-5-11-3-6-15-7-4-11/h3-4,6-7,9H,5,8H2,1-2H3,(H,16,17,19). The first kappa shape index (κ1) is 13.9. The van der Waals surface area contributed by atoms with Gasteiger partial charge in [0.2, 0.25) is 0 Å². The first-order valence-electron chi connectivity index (χ1n) is 6.28. The van der Waals surface area contributed by atoms with Crippen molar-refractivity contribution in [2.24, 2.45) is 0 Å². The van der Waals surface area contributed by atoms with Crippen LogP contribution in [0.1, 0.15) is 21.7 Å². The second kappa shape index (κ2) is 6.10. The van der Waals surface area contributed by atoms with Crippen LogP contribution in [0.2, 0.25) is 0 Å². The van der Waals surface area contributed by atoms with E-state index in [1.807, 2.05) is 12.1 Å². The van der Waals surface area contributed by atoms with Crippen LogP contribution in [0.5, 0.6) is 0 Å². The summed E-state index contributed by atoms with van der Waals surface area (Å²) in [6, 6.07) is 3.80. The molecule has 1 N–H and O–H groups in total. The normalized spacial score (nSPS) is 10.3. The van der Waals surface area contributed by atoms with Crippen molar-refractivity contribution >= 4 is 5.91 Å². The Morgan fingerprint density at radius 3 is 2.70 bits per heavy atom. The molecule has 2 rings (SSSR count). The van der Waals surface area contributed by atoms with E-state index in [2.05, 4.69) is 15.0 Å². The highest BCUT2D eigenvalue weighted by molar-refractivity contribution is 5.93. The van der Waals surface area contributed by atoms with Crippen molar-refractivity contribution in [2.75, 3.05) is 13.6 Å². The molecule has 6 heteroatoms. The number of rotatable bonds is 4. The molecule has 0 aromatic carbocycles. The molecule has 0 unspecified atom stereocenters. The minimum Gasteiger partial charge on any atom is -0.341 e. The van der Waals surface area contributed by atoms with Gasteiger partial charge in [0.05, 0.1) is 0 Å². The SMILES string of the molecule is Cc1ncc(C(=O)N(C)CCc2ccncc2)c(=O)[nH]1. The number of aromatic nitrogens is 3. The monoisotopic (exact) mass is 272 g/mol. The zero-order valence-corrected chi connectivity index (χ0v) is 11.5. The summed E-state index contributed by atoms with van der Waals surface area (Å²) in [5, 5.41) is 0. The van der Waals surface area contributed by atoms with Crippen LogP contribution in [0.4, 0.5) is 0 Å². The Hall–Kier alpha value is -2.50. The number of carbonyl (C=O) groups is 1. The van der Waals surface area contributed by atoms with Crippen LogP contribution in [0.3, 0.4) is 0 Å². The van der Waals surface area contributed by atoms with Crippen molar-refractivity contribution in [3.05, 3.63) is 58.0 Å². The maximum atomic E-state index is 12.2. The van der Waals surface area contributed by atoms with Gasteiger partial charge in [-0.2, -0.15) is 0 Å². The maximum Gasteiger partial charge on any atom is 0.263 e. The van der Waals surface area contributed by atoms with Crippen molar-refractivity contribution in [1.82, 2.24) is 19.9 Å². The molecule has 0 aliphatic carbocycles. The molecule has 0 spiro atoms. The minimum atomic E-state index is -0.404. The number of pyridine rings is 1. The quantitative estimate of drug-likeness (QED) is 0.892.